The second-order valence-corrected chi connectivity index (χ2v) is 7.07. The van der Waals surface area contributed by atoms with Gasteiger partial charge in [-0.2, -0.15) is 0 Å². The van der Waals surface area contributed by atoms with Gasteiger partial charge in [0.15, 0.2) is 0 Å². The van der Waals surface area contributed by atoms with Gasteiger partial charge in [-0.05, 0) is 57.0 Å². The molecular weight excluding hydrogens is 224 g/mol. The zero-order chi connectivity index (χ0) is 13.2. The summed E-state index contributed by atoms with van der Waals surface area (Å²) in [5.41, 5.74) is 6.07. The van der Waals surface area contributed by atoms with Crippen molar-refractivity contribution in [2.24, 2.45) is 11.1 Å². The molecule has 2 fully saturated rings. The molecule has 3 nitrogen and oxygen atoms in total. The fraction of sp³-hybridized carbons (Fsp3) is 1.00. The molecule has 0 aliphatic carbocycles. The number of hydrogen-bond donors (Lipinski definition) is 2. The summed E-state index contributed by atoms with van der Waals surface area (Å²) >= 11 is 0. The highest BCUT2D eigenvalue weighted by Gasteiger charge is 2.39. The summed E-state index contributed by atoms with van der Waals surface area (Å²) < 4.78 is 0. The molecular formula is C15H30N2O. The monoisotopic (exact) mass is 254 g/mol. The molecule has 3 heteroatoms. The second-order valence-electron chi connectivity index (χ2n) is 7.07. The van der Waals surface area contributed by atoms with Crippen molar-refractivity contribution in [2.45, 2.75) is 77.0 Å². The summed E-state index contributed by atoms with van der Waals surface area (Å²) in [7, 11) is 0. The molecule has 3 N–H and O–H groups in total. The van der Waals surface area contributed by atoms with Crippen LogP contribution in [-0.4, -0.2) is 41.3 Å². The number of aliphatic hydroxyl groups excluding tert-OH is 1. The van der Waals surface area contributed by atoms with Crippen LogP contribution >= 0.6 is 0 Å². The molecule has 2 bridgehead atoms. The standard InChI is InChI=1S/C15H30N2O/c1-15(2,11-16)7-3-4-8-17-12-5-6-13(17)10-14(18)9-12/h12-14,18H,3-11,16H2,1-2H3. The molecule has 18 heavy (non-hydrogen) atoms. The molecule has 0 saturated carbocycles. The fourth-order valence-electron chi connectivity index (χ4n) is 3.61. The van der Waals surface area contributed by atoms with Gasteiger partial charge in [0.25, 0.3) is 0 Å². The maximum absolute atomic E-state index is 9.78. The number of fused-ring (bicyclic) bond motifs is 2. The van der Waals surface area contributed by atoms with Crippen LogP contribution in [0, 0.1) is 5.41 Å². The summed E-state index contributed by atoms with van der Waals surface area (Å²) in [5.74, 6) is 0. The van der Waals surface area contributed by atoms with Crippen molar-refractivity contribution in [1.29, 1.82) is 0 Å². The lowest BCUT2D eigenvalue weighted by atomic mass is 9.87. The molecule has 2 saturated heterocycles. The molecule has 106 valence electrons. The molecule has 2 aliphatic rings. The molecule has 2 unspecified atom stereocenters. The molecule has 0 amide bonds. The van der Waals surface area contributed by atoms with Crippen molar-refractivity contribution in [3.05, 3.63) is 0 Å². The predicted octanol–water partition coefficient (Wildman–Crippen LogP) is 2.13. The van der Waals surface area contributed by atoms with E-state index in [0.29, 0.717) is 17.5 Å². The smallest absolute Gasteiger partial charge is 0.0570 e. The van der Waals surface area contributed by atoms with E-state index in [1.165, 1.54) is 38.6 Å². The molecule has 0 spiro atoms. The first kappa shape index (κ1) is 14.3. The third-order valence-electron chi connectivity index (χ3n) is 4.93. The maximum atomic E-state index is 9.78. The Kier molecular flexibility index (Phi) is 4.68. The average Bonchev–Trinajstić information content (AvgIpc) is 2.56. The van der Waals surface area contributed by atoms with Crippen LogP contribution in [0.25, 0.3) is 0 Å². The lowest BCUT2D eigenvalue weighted by Gasteiger charge is -2.37. The topological polar surface area (TPSA) is 49.5 Å². The number of nitrogens with two attached hydrogens (primary N) is 1. The number of piperidine rings is 1. The minimum Gasteiger partial charge on any atom is -0.393 e. The van der Waals surface area contributed by atoms with E-state index in [2.05, 4.69) is 18.7 Å². The highest BCUT2D eigenvalue weighted by molar-refractivity contribution is 4.94. The van der Waals surface area contributed by atoms with E-state index in [1.54, 1.807) is 0 Å². The van der Waals surface area contributed by atoms with Crippen molar-refractivity contribution >= 4 is 0 Å². The van der Waals surface area contributed by atoms with Crippen molar-refractivity contribution in [1.82, 2.24) is 4.90 Å². The van der Waals surface area contributed by atoms with Gasteiger partial charge in [-0.3, -0.25) is 4.90 Å². The Bertz CT molecular complexity index is 253. The summed E-state index contributed by atoms with van der Waals surface area (Å²) in [6.45, 7) is 6.53. The number of unbranched alkanes of at least 4 members (excludes halogenated alkanes) is 1. The highest BCUT2D eigenvalue weighted by atomic mass is 16.3. The summed E-state index contributed by atoms with van der Waals surface area (Å²) in [5, 5.41) is 9.78. The van der Waals surface area contributed by atoms with Crippen molar-refractivity contribution in [2.75, 3.05) is 13.1 Å². The quantitative estimate of drug-likeness (QED) is 0.714. The average molecular weight is 254 g/mol. The van der Waals surface area contributed by atoms with Gasteiger partial charge in [-0.15, -0.1) is 0 Å². The Hall–Kier alpha value is -0.120. The first-order valence-corrected chi connectivity index (χ1v) is 7.66. The number of hydrogen-bond acceptors (Lipinski definition) is 3. The zero-order valence-corrected chi connectivity index (χ0v) is 12.1. The van der Waals surface area contributed by atoms with Gasteiger partial charge >= 0.3 is 0 Å². The van der Waals surface area contributed by atoms with Gasteiger partial charge in [-0.25, -0.2) is 0 Å². The van der Waals surface area contributed by atoms with Gasteiger partial charge in [0.2, 0.25) is 0 Å². The summed E-state index contributed by atoms with van der Waals surface area (Å²) in [6.07, 6.45) is 8.38. The lowest BCUT2D eigenvalue weighted by Crippen LogP contribution is -2.45. The van der Waals surface area contributed by atoms with Crippen LogP contribution in [0.4, 0.5) is 0 Å². The van der Waals surface area contributed by atoms with Crippen molar-refractivity contribution in [3.8, 4) is 0 Å². The fourth-order valence-corrected chi connectivity index (χ4v) is 3.61. The van der Waals surface area contributed by atoms with Crippen LogP contribution in [0.3, 0.4) is 0 Å². The minimum atomic E-state index is -0.0325. The van der Waals surface area contributed by atoms with E-state index in [1.807, 2.05) is 0 Å². The Morgan fingerprint density at radius 3 is 2.33 bits per heavy atom. The zero-order valence-electron chi connectivity index (χ0n) is 12.1. The van der Waals surface area contributed by atoms with Gasteiger partial charge < -0.3 is 10.8 Å². The van der Waals surface area contributed by atoms with Gasteiger partial charge in [-0.1, -0.05) is 20.3 Å². The molecule has 2 heterocycles. The van der Waals surface area contributed by atoms with Crippen LogP contribution in [0.5, 0.6) is 0 Å². The first-order chi connectivity index (χ1) is 8.52. The number of nitrogens with zero attached hydrogens (tertiary/aromatic N) is 1. The predicted molar refractivity (Wildman–Crippen MR) is 75.4 cm³/mol. The van der Waals surface area contributed by atoms with E-state index in [4.69, 9.17) is 5.73 Å². The SMILES string of the molecule is CC(C)(CN)CCCCN1C2CCC1CC(O)C2. The molecule has 2 atom stereocenters. The van der Waals surface area contributed by atoms with E-state index >= 15 is 0 Å². The van der Waals surface area contributed by atoms with Crippen LogP contribution < -0.4 is 5.73 Å². The third-order valence-corrected chi connectivity index (χ3v) is 4.93. The van der Waals surface area contributed by atoms with Crippen LogP contribution in [0.1, 0.15) is 58.8 Å². The lowest BCUT2D eigenvalue weighted by molar-refractivity contribution is 0.0343. The Morgan fingerprint density at radius 1 is 1.17 bits per heavy atom. The Morgan fingerprint density at radius 2 is 1.78 bits per heavy atom. The molecule has 2 rings (SSSR count). The van der Waals surface area contributed by atoms with E-state index < -0.39 is 0 Å². The third kappa shape index (κ3) is 3.46. The Labute approximate surface area is 112 Å². The number of rotatable bonds is 6. The number of aliphatic hydroxyl groups is 1. The second kappa shape index (κ2) is 5.89. The molecule has 0 aromatic heterocycles. The van der Waals surface area contributed by atoms with Gasteiger partial charge in [0.05, 0.1) is 6.10 Å². The van der Waals surface area contributed by atoms with Crippen molar-refractivity contribution in [3.63, 3.8) is 0 Å². The van der Waals surface area contributed by atoms with Crippen LogP contribution in [0.15, 0.2) is 0 Å². The van der Waals surface area contributed by atoms with E-state index in [9.17, 15) is 5.11 Å². The maximum Gasteiger partial charge on any atom is 0.0570 e. The van der Waals surface area contributed by atoms with E-state index in [-0.39, 0.29) is 6.10 Å². The minimum absolute atomic E-state index is 0.0325. The van der Waals surface area contributed by atoms with Crippen molar-refractivity contribution < 1.29 is 5.11 Å². The van der Waals surface area contributed by atoms with E-state index in [0.717, 1.165) is 19.4 Å². The highest BCUT2D eigenvalue weighted by Crippen LogP contribution is 2.36. The van der Waals surface area contributed by atoms with Gasteiger partial charge in [0.1, 0.15) is 0 Å². The molecule has 0 aromatic rings. The molecule has 0 radical (unpaired) electrons. The van der Waals surface area contributed by atoms with Crippen LogP contribution in [0.2, 0.25) is 0 Å². The summed E-state index contributed by atoms with van der Waals surface area (Å²) in [4.78, 5) is 2.67. The van der Waals surface area contributed by atoms with Gasteiger partial charge in [0, 0.05) is 12.1 Å². The largest absolute Gasteiger partial charge is 0.393 e. The summed E-state index contributed by atoms with van der Waals surface area (Å²) in [6, 6.07) is 1.34. The first-order valence-electron chi connectivity index (χ1n) is 7.66. The normalized spacial score (nSPS) is 33.0. The Balaban J connectivity index is 1.69. The van der Waals surface area contributed by atoms with Crippen LogP contribution in [-0.2, 0) is 0 Å². The molecule has 2 aliphatic heterocycles. The molecule has 0 aromatic carbocycles.